The number of aliphatic hydroxyl groups excluding tert-OH is 3. The SMILES string of the molecule is CC(C)[C@H](NC(=O)[C@@H](NC(=O)CCCCCCCCCCCCCCCO)[C@@H](C)O)C(=O)C[C@@H](Cc1ccccc1)C(=O)N[C@@H](CCCN=C(N)N)C(=O)C[C@H](C)CO. The Morgan fingerprint density at radius 2 is 1.22 bits per heavy atom. The van der Waals surface area contributed by atoms with Gasteiger partial charge in [0.1, 0.15) is 6.04 Å². The van der Waals surface area contributed by atoms with E-state index in [1.54, 1.807) is 20.8 Å². The van der Waals surface area contributed by atoms with Crippen LogP contribution in [-0.4, -0.2) is 94.6 Å². The molecule has 0 aliphatic heterocycles. The second-order valence-corrected chi connectivity index (χ2v) is 16.6. The van der Waals surface area contributed by atoms with Gasteiger partial charge in [0.2, 0.25) is 17.7 Å². The van der Waals surface area contributed by atoms with Crippen molar-refractivity contribution >= 4 is 35.2 Å². The molecule has 0 heterocycles. The summed E-state index contributed by atoms with van der Waals surface area (Å²) in [7, 11) is 0. The molecule has 10 N–H and O–H groups in total. The highest BCUT2D eigenvalue weighted by molar-refractivity contribution is 5.96. The van der Waals surface area contributed by atoms with Gasteiger partial charge in [0.15, 0.2) is 17.5 Å². The molecule has 0 aromatic heterocycles. The number of benzene rings is 1. The Labute approximate surface area is 353 Å². The Balaban J connectivity index is 2.87. The Morgan fingerprint density at radius 1 is 0.661 bits per heavy atom. The molecule has 0 spiro atoms. The average molecular weight is 831 g/mol. The minimum absolute atomic E-state index is 0.0451. The molecule has 1 aromatic rings. The number of rotatable bonds is 35. The zero-order valence-corrected chi connectivity index (χ0v) is 36.5. The Bertz CT molecular complexity index is 1370. The zero-order chi connectivity index (χ0) is 44.0. The molecule has 6 atom stereocenters. The van der Waals surface area contributed by atoms with Crippen molar-refractivity contribution in [2.45, 2.75) is 174 Å². The Hall–Kier alpha value is -3.88. The van der Waals surface area contributed by atoms with Crippen molar-refractivity contribution in [3.8, 4) is 0 Å². The monoisotopic (exact) mass is 831 g/mol. The maximum absolute atomic E-state index is 14.0. The summed E-state index contributed by atoms with van der Waals surface area (Å²) in [5.74, 6) is -3.89. The molecule has 336 valence electrons. The predicted octanol–water partition coefficient (Wildman–Crippen LogP) is 4.39. The zero-order valence-electron chi connectivity index (χ0n) is 36.5. The van der Waals surface area contributed by atoms with Gasteiger partial charge in [-0.25, -0.2) is 0 Å². The fraction of sp³-hybridized carbons (Fsp3) is 0.733. The molecular formula is C45H78N6O8. The van der Waals surface area contributed by atoms with E-state index in [2.05, 4.69) is 20.9 Å². The molecule has 59 heavy (non-hydrogen) atoms. The number of hydrogen-bond acceptors (Lipinski definition) is 9. The van der Waals surface area contributed by atoms with Gasteiger partial charge in [0.25, 0.3) is 0 Å². The molecule has 0 bridgehead atoms. The number of nitrogens with one attached hydrogen (secondary N) is 3. The summed E-state index contributed by atoms with van der Waals surface area (Å²) in [6, 6.07) is 5.99. The van der Waals surface area contributed by atoms with Crippen LogP contribution in [-0.2, 0) is 30.4 Å². The lowest BCUT2D eigenvalue weighted by molar-refractivity contribution is -0.136. The number of nitrogens with zero attached hydrogens (tertiary/aromatic N) is 1. The van der Waals surface area contributed by atoms with Gasteiger partial charge in [0.05, 0.1) is 18.2 Å². The second-order valence-electron chi connectivity index (χ2n) is 16.6. The van der Waals surface area contributed by atoms with Gasteiger partial charge < -0.3 is 42.7 Å². The number of unbranched alkanes of at least 4 members (excludes halogenated alkanes) is 12. The number of carbonyl (C=O) groups excluding carboxylic acids is 5. The highest BCUT2D eigenvalue weighted by Crippen LogP contribution is 2.19. The lowest BCUT2D eigenvalue weighted by Gasteiger charge is -2.28. The molecule has 1 aromatic carbocycles. The summed E-state index contributed by atoms with van der Waals surface area (Å²) in [6.07, 6.45) is 13.8. The summed E-state index contributed by atoms with van der Waals surface area (Å²) < 4.78 is 0. The van der Waals surface area contributed by atoms with E-state index >= 15 is 0 Å². The smallest absolute Gasteiger partial charge is 0.245 e. The normalized spacial score (nSPS) is 14.4. The predicted molar refractivity (Wildman–Crippen MR) is 233 cm³/mol. The number of hydrogen-bond donors (Lipinski definition) is 8. The number of guanidine groups is 1. The summed E-state index contributed by atoms with van der Waals surface area (Å²) in [6.45, 7) is 7.01. The van der Waals surface area contributed by atoms with Crippen LogP contribution in [0.15, 0.2) is 35.3 Å². The van der Waals surface area contributed by atoms with Crippen LogP contribution in [0.1, 0.15) is 149 Å². The van der Waals surface area contributed by atoms with Crippen LogP contribution in [0.5, 0.6) is 0 Å². The third kappa shape index (κ3) is 24.7. The lowest BCUT2D eigenvalue weighted by atomic mass is 9.87. The number of ketones is 2. The summed E-state index contributed by atoms with van der Waals surface area (Å²) in [5, 5.41) is 37.2. The third-order valence-corrected chi connectivity index (χ3v) is 10.6. The van der Waals surface area contributed by atoms with E-state index in [-0.39, 0.29) is 81.3 Å². The van der Waals surface area contributed by atoms with Crippen LogP contribution >= 0.6 is 0 Å². The number of aliphatic imine (C=N–C) groups is 1. The van der Waals surface area contributed by atoms with Crippen molar-refractivity contribution < 1.29 is 39.3 Å². The molecule has 0 aliphatic carbocycles. The van der Waals surface area contributed by atoms with Gasteiger partial charge >= 0.3 is 0 Å². The molecule has 3 amide bonds. The maximum Gasteiger partial charge on any atom is 0.245 e. The molecule has 14 nitrogen and oxygen atoms in total. The van der Waals surface area contributed by atoms with Gasteiger partial charge in [-0.05, 0) is 56.4 Å². The molecule has 0 unspecified atom stereocenters. The van der Waals surface area contributed by atoms with Crippen molar-refractivity contribution in [1.82, 2.24) is 16.0 Å². The highest BCUT2D eigenvalue weighted by atomic mass is 16.3. The first-order valence-electron chi connectivity index (χ1n) is 22.1. The number of Topliss-reactive ketones (excluding diaryl/α,β-unsaturated/α-hetero) is 2. The average Bonchev–Trinajstić information content (AvgIpc) is 3.19. The van der Waals surface area contributed by atoms with Gasteiger partial charge in [-0.2, -0.15) is 0 Å². The van der Waals surface area contributed by atoms with E-state index in [0.29, 0.717) is 12.8 Å². The lowest BCUT2D eigenvalue weighted by Crippen LogP contribution is -2.57. The molecule has 14 heteroatoms. The van der Waals surface area contributed by atoms with Crippen LogP contribution in [0, 0.1) is 17.8 Å². The van der Waals surface area contributed by atoms with Crippen molar-refractivity contribution in [3.63, 3.8) is 0 Å². The third-order valence-electron chi connectivity index (χ3n) is 10.6. The molecule has 0 saturated heterocycles. The molecule has 0 fully saturated rings. The van der Waals surface area contributed by atoms with E-state index in [0.717, 1.165) is 37.7 Å². The summed E-state index contributed by atoms with van der Waals surface area (Å²) in [5.41, 5.74) is 11.7. The first-order chi connectivity index (χ1) is 28.2. The van der Waals surface area contributed by atoms with E-state index < -0.39 is 47.7 Å². The van der Waals surface area contributed by atoms with Gasteiger partial charge in [-0.1, -0.05) is 122 Å². The maximum atomic E-state index is 14.0. The molecule has 1 rings (SSSR count). The number of amides is 3. The Kier molecular flexibility index (Phi) is 28.8. The summed E-state index contributed by atoms with van der Waals surface area (Å²) >= 11 is 0. The first-order valence-corrected chi connectivity index (χ1v) is 22.1. The topological polar surface area (TPSA) is 247 Å². The van der Waals surface area contributed by atoms with Crippen LogP contribution < -0.4 is 27.4 Å². The van der Waals surface area contributed by atoms with Crippen molar-refractivity contribution in [2.75, 3.05) is 19.8 Å². The van der Waals surface area contributed by atoms with E-state index in [9.17, 15) is 34.2 Å². The minimum Gasteiger partial charge on any atom is -0.396 e. The van der Waals surface area contributed by atoms with Crippen LogP contribution in [0.4, 0.5) is 0 Å². The van der Waals surface area contributed by atoms with Crippen molar-refractivity contribution in [2.24, 2.45) is 34.2 Å². The summed E-state index contributed by atoms with van der Waals surface area (Å²) in [4.78, 5) is 71.6. The van der Waals surface area contributed by atoms with Gasteiger partial charge in [-0.15, -0.1) is 0 Å². The van der Waals surface area contributed by atoms with Gasteiger partial charge in [-0.3, -0.25) is 29.0 Å². The molecular weight excluding hydrogens is 753 g/mol. The first kappa shape index (κ1) is 53.1. The van der Waals surface area contributed by atoms with Crippen molar-refractivity contribution in [3.05, 3.63) is 35.9 Å². The fourth-order valence-electron chi connectivity index (χ4n) is 7.04. The van der Waals surface area contributed by atoms with E-state index in [1.165, 1.54) is 51.9 Å². The standard InChI is InChI=1S/C45H78N6O8/c1-32(2)41(51-44(59)42(34(4)54)50-40(57)25-19-14-12-10-8-6-5-7-9-11-13-15-20-27-52)39(56)30-36(29-35-22-17-16-18-23-35)43(58)49-37(24-21-26-48-45(46)47)38(55)28-33(3)31-53/h16-18,22-23,32-34,36-37,41-42,52-54H,5-15,19-21,24-31H2,1-4H3,(H,49,58)(H,50,57)(H,51,59)(H4,46,47,48)/t33-,34+,36+,37-,41-,42-/m0/s1. The molecule has 0 aliphatic rings. The van der Waals surface area contributed by atoms with Crippen LogP contribution in [0.25, 0.3) is 0 Å². The van der Waals surface area contributed by atoms with Crippen LogP contribution in [0.2, 0.25) is 0 Å². The second kappa shape index (κ2) is 32.0. The molecule has 0 radical (unpaired) electrons. The van der Waals surface area contributed by atoms with E-state index in [1.807, 2.05) is 30.3 Å². The quantitative estimate of drug-likeness (QED) is 0.0272. The number of nitrogens with two attached hydrogens (primary N) is 2. The fourth-order valence-corrected chi connectivity index (χ4v) is 7.04. The number of carbonyl (C=O) groups is 5. The minimum atomic E-state index is -1.28. The molecule has 0 saturated carbocycles. The van der Waals surface area contributed by atoms with Crippen LogP contribution in [0.3, 0.4) is 0 Å². The van der Waals surface area contributed by atoms with E-state index in [4.69, 9.17) is 16.6 Å². The largest absolute Gasteiger partial charge is 0.396 e. The van der Waals surface area contributed by atoms with Gasteiger partial charge in [0, 0.05) is 44.9 Å². The van der Waals surface area contributed by atoms with Crippen molar-refractivity contribution in [1.29, 1.82) is 0 Å². The highest BCUT2D eigenvalue weighted by Gasteiger charge is 2.34. The Morgan fingerprint density at radius 3 is 1.73 bits per heavy atom. The number of aliphatic hydroxyl groups is 3.